The first-order valence-corrected chi connectivity index (χ1v) is 14.6. The summed E-state index contributed by atoms with van der Waals surface area (Å²) in [5.74, 6) is 2.60. The summed E-state index contributed by atoms with van der Waals surface area (Å²) in [6.45, 7) is 2.08. The van der Waals surface area contributed by atoms with Crippen LogP contribution >= 0.6 is 11.3 Å². The Labute approximate surface area is 228 Å². The smallest absolute Gasteiger partial charge is 0.184 e. The third kappa shape index (κ3) is 5.76. The Hall–Kier alpha value is -3.23. The molecule has 6 rings (SSSR count). The SMILES string of the molecule is CN(C)C1CCN(c2ccc(-c3cc(Oc4ccc5nc(NC6CCCCC6)sc5c4)ccn3)cn2)CC1. The second-order valence-electron chi connectivity index (χ2n) is 10.7. The van der Waals surface area contributed by atoms with Crippen molar-refractivity contribution in [3.8, 4) is 22.8 Å². The Morgan fingerprint density at radius 1 is 0.921 bits per heavy atom. The molecular formula is C30H36N6OS. The molecule has 8 heteroatoms. The number of hydrogen-bond donors (Lipinski definition) is 1. The van der Waals surface area contributed by atoms with Gasteiger partial charge in [0.25, 0.3) is 0 Å². The fourth-order valence-corrected chi connectivity index (χ4v) is 6.53. The van der Waals surface area contributed by atoms with Crippen LogP contribution in [0.3, 0.4) is 0 Å². The number of fused-ring (bicyclic) bond motifs is 1. The molecule has 38 heavy (non-hydrogen) atoms. The summed E-state index contributed by atoms with van der Waals surface area (Å²) in [5, 5.41) is 4.65. The Morgan fingerprint density at radius 3 is 2.50 bits per heavy atom. The molecule has 1 aromatic carbocycles. The summed E-state index contributed by atoms with van der Waals surface area (Å²) in [6, 6.07) is 15.4. The lowest BCUT2D eigenvalue weighted by atomic mass is 9.96. The van der Waals surface area contributed by atoms with Crippen molar-refractivity contribution in [2.75, 3.05) is 37.4 Å². The molecule has 1 aliphatic carbocycles. The number of aromatic nitrogens is 3. The van der Waals surface area contributed by atoms with Crippen LogP contribution in [0.5, 0.6) is 11.5 Å². The van der Waals surface area contributed by atoms with Crippen molar-refractivity contribution in [2.24, 2.45) is 0 Å². The third-order valence-corrected chi connectivity index (χ3v) is 8.77. The van der Waals surface area contributed by atoms with Crippen molar-refractivity contribution in [2.45, 2.75) is 57.0 Å². The highest BCUT2D eigenvalue weighted by Gasteiger charge is 2.21. The van der Waals surface area contributed by atoms with E-state index in [1.165, 1.54) is 44.9 Å². The average Bonchev–Trinajstić information content (AvgIpc) is 3.35. The second kappa shape index (κ2) is 11.3. The van der Waals surface area contributed by atoms with Crippen LogP contribution in [-0.4, -0.2) is 59.1 Å². The molecule has 4 heterocycles. The fraction of sp³-hybridized carbons (Fsp3) is 0.433. The van der Waals surface area contributed by atoms with Crippen LogP contribution < -0.4 is 15.0 Å². The number of piperidine rings is 1. The van der Waals surface area contributed by atoms with E-state index in [0.29, 0.717) is 12.1 Å². The molecule has 0 amide bonds. The van der Waals surface area contributed by atoms with Crippen LogP contribution in [0.1, 0.15) is 44.9 Å². The van der Waals surface area contributed by atoms with E-state index in [-0.39, 0.29) is 0 Å². The van der Waals surface area contributed by atoms with E-state index in [4.69, 9.17) is 14.7 Å². The van der Waals surface area contributed by atoms with Gasteiger partial charge in [0.05, 0.1) is 15.9 Å². The summed E-state index contributed by atoms with van der Waals surface area (Å²) in [4.78, 5) is 18.8. The largest absolute Gasteiger partial charge is 0.457 e. The Morgan fingerprint density at radius 2 is 1.74 bits per heavy atom. The van der Waals surface area contributed by atoms with Gasteiger partial charge in [-0.2, -0.15) is 0 Å². The molecule has 0 spiro atoms. The van der Waals surface area contributed by atoms with E-state index < -0.39 is 0 Å². The van der Waals surface area contributed by atoms with E-state index in [1.54, 1.807) is 17.5 Å². The molecule has 0 unspecified atom stereocenters. The van der Waals surface area contributed by atoms with Gasteiger partial charge in [-0.1, -0.05) is 30.6 Å². The molecule has 2 fully saturated rings. The predicted octanol–water partition coefficient (Wildman–Crippen LogP) is 6.82. The van der Waals surface area contributed by atoms with Crippen LogP contribution in [0.2, 0.25) is 0 Å². The zero-order valence-electron chi connectivity index (χ0n) is 22.3. The van der Waals surface area contributed by atoms with Crippen molar-refractivity contribution in [3.05, 3.63) is 54.9 Å². The van der Waals surface area contributed by atoms with E-state index in [9.17, 15) is 0 Å². The minimum Gasteiger partial charge on any atom is -0.457 e. The number of thiazole rings is 1. The number of nitrogens with zero attached hydrogens (tertiary/aromatic N) is 5. The van der Waals surface area contributed by atoms with E-state index in [2.05, 4.69) is 52.4 Å². The highest BCUT2D eigenvalue weighted by molar-refractivity contribution is 7.22. The number of anilines is 2. The molecule has 0 bridgehead atoms. The van der Waals surface area contributed by atoms with Gasteiger partial charge in [-0.3, -0.25) is 4.98 Å². The van der Waals surface area contributed by atoms with Gasteiger partial charge in [0, 0.05) is 55.3 Å². The quantitative estimate of drug-likeness (QED) is 0.282. The normalized spacial score (nSPS) is 17.3. The number of rotatable bonds is 7. The minimum atomic E-state index is 0.550. The summed E-state index contributed by atoms with van der Waals surface area (Å²) < 4.78 is 7.37. The summed E-state index contributed by atoms with van der Waals surface area (Å²) in [5.41, 5.74) is 2.84. The number of pyridine rings is 2. The Bertz CT molecular complexity index is 1360. The first-order chi connectivity index (χ1) is 18.6. The van der Waals surface area contributed by atoms with Crippen molar-refractivity contribution in [1.29, 1.82) is 0 Å². The molecule has 198 valence electrons. The van der Waals surface area contributed by atoms with Crippen molar-refractivity contribution in [1.82, 2.24) is 19.9 Å². The lowest BCUT2D eigenvalue weighted by Crippen LogP contribution is -2.42. The van der Waals surface area contributed by atoms with Gasteiger partial charge < -0.3 is 19.9 Å². The second-order valence-corrected chi connectivity index (χ2v) is 11.7. The highest BCUT2D eigenvalue weighted by atomic mass is 32.1. The molecule has 0 radical (unpaired) electrons. The molecule has 1 N–H and O–H groups in total. The number of nitrogens with one attached hydrogen (secondary N) is 1. The van der Waals surface area contributed by atoms with Gasteiger partial charge >= 0.3 is 0 Å². The van der Waals surface area contributed by atoms with Gasteiger partial charge in [-0.15, -0.1) is 0 Å². The van der Waals surface area contributed by atoms with Crippen LogP contribution in [0.25, 0.3) is 21.5 Å². The van der Waals surface area contributed by atoms with Gasteiger partial charge in [0.15, 0.2) is 5.13 Å². The minimum absolute atomic E-state index is 0.550. The maximum atomic E-state index is 6.24. The van der Waals surface area contributed by atoms with Gasteiger partial charge in [-0.05, 0) is 70.1 Å². The average molecular weight is 529 g/mol. The molecule has 1 saturated heterocycles. The lowest BCUT2D eigenvalue weighted by molar-refractivity contribution is 0.249. The summed E-state index contributed by atoms with van der Waals surface area (Å²) in [6.07, 6.45) is 12.5. The summed E-state index contributed by atoms with van der Waals surface area (Å²) in [7, 11) is 4.34. The van der Waals surface area contributed by atoms with Crippen LogP contribution in [0, 0.1) is 0 Å². The molecule has 2 aliphatic rings. The molecule has 7 nitrogen and oxygen atoms in total. The standard InChI is InChI=1S/C30H36N6OS/c1-35(2)23-13-16-36(17-14-23)29-11-8-21(20-32-29)27-18-25(12-15-31-27)37-24-9-10-26-28(19-24)38-30(34-26)33-22-6-4-3-5-7-22/h8-12,15,18-20,22-23H,3-7,13-14,16-17H2,1-2H3,(H,33,34). The van der Waals surface area contributed by atoms with Crippen LogP contribution in [0.15, 0.2) is 54.9 Å². The Balaban J connectivity index is 1.12. The van der Waals surface area contributed by atoms with Gasteiger partial charge in [0.2, 0.25) is 0 Å². The first kappa shape index (κ1) is 25.1. The van der Waals surface area contributed by atoms with E-state index in [0.717, 1.165) is 57.0 Å². The van der Waals surface area contributed by atoms with Crippen molar-refractivity contribution >= 4 is 32.5 Å². The zero-order chi connectivity index (χ0) is 25.9. The van der Waals surface area contributed by atoms with Gasteiger partial charge in [-0.25, -0.2) is 9.97 Å². The molecule has 1 aliphatic heterocycles. The maximum absolute atomic E-state index is 6.24. The lowest BCUT2D eigenvalue weighted by Gasteiger charge is -2.35. The van der Waals surface area contributed by atoms with E-state index >= 15 is 0 Å². The topological polar surface area (TPSA) is 66.4 Å². The van der Waals surface area contributed by atoms with Crippen molar-refractivity contribution in [3.63, 3.8) is 0 Å². The zero-order valence-corrected chi connectivity index (χ0v) is 23.1. The third-order valence-electron chi connectivity index (χ3n) is 7.82. The molecular weight excluding hydrogens is 492 g/mol. The highest BCUT2D eigenvalue weighted by Crippen LogP contribution is 2.33. The molecule has 4 aromatic rings. The fourth-order valence-electron chi connectivity index (χ4n) is 5.56. The van der Waals surface area contributed by atoms with Crippen molar-refractivity contribution < 1.29 is 4.74 Å². The van der Waals surface area contributed by atoms with E-state index in [1.807, 2.05) is 30.5 Å². The summed E-state index contributed by atoms with van der Waals surface area (Å²) >= 11 is 1.70. The van der Waals surface area contributed by atoms with Crippen LogP contribution in [0.4, 0.5) is 10.9 Å². The number of benzene rings is 1. The predicted molar refractivity (Wildman–Crippen MR) is 157 cm³/mol. The number of hydrogen-bond acceptors (Lipinski definition) is 8. The molecule has 3 aromatic heterocycles. The van der Waals surface area contributed by atoms with Crippen LogP contribution in [-0.2, 0) is 0 Å². The molecule has 1 saturated carbocycles. The molecule has 0 atom stereocenters. The Kier molecular flexibility index (Phi) is 7.42. The monoisotopic (exact) mass is 528 g/mol. The van der Waals surface area contributed by atoms with Gasteiger partial charge in [0.1, 0.15) is 17.3 Å². The maximum Gasteiger partial charge on any atom is 0.184 e. The number of ether oxygens (including phenoxy) is 1. The first-order valence-electron chi connectivity index (χ1n) is 13.8.